The molecule has 4 N–H and O–H groups in total. The zero-order valence-corrected chi connectivity index (χ0v) is 17.7. The minimum atomic E-state index is -0.574. The molecule has 0 bridgehead atoms. The first-order chi connectivity index (χ1) is 15.7. The minimum Gasteiger partial charge on any atom is -0.491 e. The molecule has 3 rings (SSSR count). The van der Waals surface area contributed by atoms with Gasteiger partial charge < -0.3 is 20.5 Å². The summed E-state index contributed by atoms with van der Waals surface area (Å²) in [5, 5.41) is 27.9. The molecule has 164 valence electrons. The summed E-state index contributed by atoms with van der Waals surface area (Å²) in [6.07, 6.45) is 2.15. The van der Waals surface area contributed by atoms with Crippen molar-refractivity contribution in [2.45, 2.75) is 12.5 Å². The Bertz CT molecular complexity index is 1000. The number of hydrogen-bond donors (Lipinski definition) is 4. The van der Waals surface area contributed by atoms with Gasteiger partial charge in [0.2, 0.25) is 5.96 Å². The smallest absolute Gasteiger partial charge is 0.214 e. The predicted octanol–water partition coefficient (Wildman–Crippen LogP) is 3.43. The van der Waals surface area contributed by atoms with Crippen molar-refractivity contribution >= 4 is 17.3 Å². The molecule has 0 saturated heterocycles. The topological polar surface area (TPSA) is 102 Å². The number of nitrogens with zero attached hydrogens (tertiary/aromatic N) is 2. The minimum absolute atomic E-state index is 0.250. The lowest BCUT2D eigenvalue weighted by Gasteiger charge is -2.13. The third-order valence-corrected chi connectivity index (χ3v) is 4.54. The molecule has 3 aromatic carbocycles. The maximum absolute atomic E-state index is 10.0. The van der Waals surface area contributed by atoms with Crippen molar-refractivity contribution in [2.75, 3.05) is 25.0 Å². The molecule has 0 aliphatic carbocycles. The summed E-state index contributed by atoms with van der Waals surface area (Å²) in [5.74, 6) is 1.11. The Morgan fingerprint density at radius 1 is 0.969 bits per heavy atom. The lowest BCUT2D eigenvalue weighted by Crippen LogP contribution is -2.32. The monoisotopic (exact) mass is 429 g/mol. The Labute approximate surface area is 188 Å². The number of anilines is 1. The van der Waals surface area contributed by atoms with Crippen LogP contribution in [0.5, 0.6) is 5.75 Å². The van der Waals surface area contributed by atoms with Gasteiger partial charge in [0.15, 0.2) is 6.19 Å². The number of nitrogens with one attached hydrogen (secondary N) is 3. The molecule has 0 fully saturated rings. The first-order valence-corrected chi connectivity index (χ1v) is 10.4. The Morgan fingerprint density at radius 2 is 1.66 bits per heavy atom. The van der Waals surface area contributed by atoms with Crippen molar-refractivity contribution in [2.24, 2.45) is 4.99 Å². The highest BCUT2D eigenvalue weighted by Gasteiger charge is 2.05. The van der Waals surface area contributed by atoms with Gasteiger partial charge in [0.1, 0.15) is 18.5 Å². The zero-order valence-electron chi connectivity index (χ0n) is 17.7. The maximum Gasteiger partial charge on any atom is 0.214 e. The second-order valence-electron chi connectivity index (χ2n) is 7.09. The van der Waals surface area contributed by atoms with E-state index in [-0.39, 0.29) is 6.61 Å². The van der Waals surface area contributed by atoms with Gasteiger partial charge in [-0.05, 0) is 54.9 Å². The highest BCUT2D eigenvalue weighted by molar-refractivity contribution is 5.96. The van der Waals surface area contributed by atoms with E-state index in [1.807, 2.05) is 91.1 Å². The summed E-state index contributed by atoms with van der Waals surface area (Å²) in [7, 11) is 0. The Hall–Kier alpha value is -3.86. The summed E-state index contributed by atoms with van der Waals surface area (Å²) < 4.78 is 5.55. The number of aliphatic imine (C=N–C) groups is 1. The molecule has 0 saturated carbocycles. The van der Waals surface area contributed by atoms with Gasteiger partial charge in [-0.25, -0.2) is 4.99 Å². The SMILES string of the molecule is N#CNC(=Nc1ccc(CCNC[C@H](O)COc2ccccc2)cc1)Nc1ccccc1. The van der Waals surface area contributed by atoms with Gasteiger partial charge in [0.05, 0.1) is 5.69 Å². The first kappa shape index (κ1) is 22.8. The van der Waals surface area contributed by atoms with Crippen LogP contribution in [0.2, 0.25) is 0 Å². The number of rotatable bonds is 10. The van der Waals surface area contributed by atoms with E-state index in [9.17, 15) is 5.11 Å². The lowest BCUT2D eigenvalue weighted by molar-refractivity contribution is 0.106. The van der Waals surface area contributed by atoms with Crippen molar-refractivity contribution in [1.29, 1.82) is 5.26 Å². The third-order valence-electron chi connectivity index (χ3n) is 4.54. The van der Waals surface area contributed by atoms with Crippen molar-refractivity contribution < 1.29 is 9.84 Å². The molecule has 0 aromatic heterocycles. The lowest BCUT2D eigenvalue weighted by atomic mass is 10.1. The second kappa shape index (κ2) is 12.7. The summed E-state index contributed by atoms with van der Waals surface area (Å²) >= 11 is 0. The van der Waals surface area contributed by atoms with E-state index >= 15 is 0 Å². The number of aliphatic hydroxyl groups excluding tert-OH is 1. The Morgan fingerprint density at radius 3 is 2.34 bits per heavy atom. The number of benzene rings is 3. The van der Waals surface area contributed by atoms with Gasteiger partial charge in [0.25, 0.3) is 0 Å². The number of aliphatic hydroxyl groups is 1. The van der Waals surface area contributed by atoms with Crippen molar-refractivity contribution in [3.05, 3.63) is 90.5 Å². The van der Waals surface area contributed by atoms with Crippen LogP contribution >= 0.6 is 0 Å². The van der Waals surface area contributed by atoms with Gasteiger partial charge in [-0.2, -0.15) is 5.26 Å². The van der Waals surface area contributed by atoms with Crippen molar-refractivity contribution in [3.63, 3.8) is 0 Å². The molecule has 1 atom stereocenters. The van der Waals surface area contributed by atoms with Crippen LogP contribution in [0.4, 0.5) is 11.4 Å². The van der Waals surface area contributed by atoms with E-state index in [0.29, 0.717) is 12.5 Å². The third kappa shape index (κ3) is 8.11. The number of ether oxygens (including phenoxy) is 1. The quantitative estimate of drug-likeness (QED) is 0.130. The molecule has 3 aromatic rings. The van der Waals surface area contributed by atoms with Crippen LogP contribution < -0.4 is 20.7 Å². The van der Waals surface area contributed by atoms with Crippen LogP contribution in [0.1, 0.15) is 5.56 Å². The molecule has 0 spiro atoms. The Balaban J connectivity index is 1.41. The molecule has 0 unspecified atom stereocenters. The maximum atomic E-state index is 10.0. The molecule has 0 aliphatic heterocycles. The van der Waals surface area contributed by atoms with Crippen LogP contribution in [0, 0.1) is 11.5 Å². The summed E-state index contributed by atoms with van der Waals surface area (Å²) in [6, 6.07) is 26.8. The highest BCUT2D eigenvalue weighted by Crippen LogP contribution is 2.14. The fraction of sp³-hybridized carbons (Fsp3) is 0.200. The molecular formula is C25H27N5O2. The zero-order chi connectivity index (χ0) is 22.4. The van der Waals surface area contributed by atoms with E-state index in [0.717, 1.165) is 35.7 Å². The summed E-state index contributed by atoms with van der Waals surface area (Å²) in [5.41, 5.74) is 2.72. The number of para-hydroxylation sites is 2. The number of hydrogen-bond acceptors (Lipinski definition) is 5. The largest absolute Gasteiger partial charge is 0.491 e. The summed E-state index contributed by atoms with van der Waals surface area (Å²) in [4.78, 5) is 4.46. The molecule has 7 heteroatoms. The molecule has 7 nitrogen and oxygen atoms in total. The summed E-state index contributed by atoms with van der Waals surface area (Å²) in [6.45, 7) is 1.45. The van der Waals surface area contributed by atoms with Crippen molar-refractivity contribution in [3.8, 4) is 11.9 Å². The molecule has 0 amide bonds. The van der Waals surface area contributed by atoms with E-state index in [1.54, 1.807) is 0 Å². The van der Waals surface area contributed by atoms with E-state index in [4.69, 9.17) is 10.00 Å². The fourth-order valence-corrected chi connectivity index (χ4v) is 2.93. The van der Waals surface area contributed by atoms with Gasteiger partial charge in [-0.3, -0.25) is 5.32 Å². The molecular weight excluding hydrogens is 402 g/mol. The van der Waals surface area contributed by atoms with Crippen LogP contribution in [0.25, 0.3) is 0 Å². The van der Waals surface area contributed by atoms with Crippen LogP contribution in [0.3, 0.4) is 0 Å². The number of guanidine groups is 1. The first-order valence-electron chi connectivity index (χ1n) is 10.4. The normalized spacial score (nSPS) is 11.9. The predicted molar refractivity (Wildman–Crippen MR) is 127 cm³/mol. The van der Waals surface area contributed by atoms with Crippen LogP contribution in [-0.2, 0) is 6.42 Å². The van der Waals surface area contributed by atoms with Gasteiger partial charge >= 0.3 is 0 Å². The van der Waals surface area contributed by atoms with Crippen LogP contribution in [-0.4, -0.2) is 36.9 Å². The fourth-order valence-electron chi connectivity index (χ4n) is 2.93. The van der Waals surface area contributed by atoms with Gasteiger partial charge in [-0.15, -0.1) is 0 Å². The molecule has 0 heterocycles. The van der Waals surface area contributed by atoms with Crippen molar-refractivity contribution in [1.82, 2.24) is 10.6 Å². The molecule has 0 radical (unpaired) electrons. The average molecular weight is 430 g/mol. The second-order valence-corrected chi connectivity index (χ2v) is 7.09. The standard InChI is InChI=1S/C25H27N5O2/c26-19-28-25(29-21-7-3-1-4-8-21)30-22-13-11-20(12-14-22)15-16-27-17-23(31)18-32-24-9-5-2-6-10-24/h1-14,23,27,31H,15-18H2,(H2,28,29,30)/t23-/m0/s1. The van der Waals surface area contributed by atoms with Crippen LogP contribution in [0.15, 0.2) is 89.9 Å². The van der Waals surface area contributed by atoms with E-state index in [2.05, 4.69) is 20.9 Å². The number of nitriles is 1. The average Bonchev–Trinajstić information content (AvgIpc) is 2.83. The van der Waals surface area contributed by atoms with Gasteiger partial charge in [-0.1, -0.05) is 48.5 Å². The van der Waals surface area contributed by atoms with E-state index < -0.39 is 6.10 Å². The Kier molecular flexibility index (Phi) is 9.09. The highest BCUT2D eigenvalue weighted by atomic mass is 16.5. The molecule has 32 heavy (non-hydrogen) atoms. The van der Waals surface area contributed by atoms with Gasteiger partial charge in [0, 0.05) is 12.2 Å². The molecule has 0 aliphatic rings. The van der Waals surface area contributed by atoms with E-state index in [1.165, 1.54) is 0 Å².